The average Bonchev–Trinajstić information content (AvgIpc) is 2.81. The maximum Gasteiger partial charge on any atom is 0.0753 e. The first kappa shape index (κ1) is 17.3. The Labute approximate surface area is 175 Å². The highest BCUT2D eigenvalue weighted by atomic mass is 15.4. The van der Waals surface area contributed by atoms with Gasteiger partial charge in [-0.2, -0.15) is 0 Å². The Balaban J connectivity index is 1.39. The predicted octanol–water partition coefficient (Wildman–Crippen LogP) is 5.77. The van der Waals surface area contributed by atoms with Crippen molar-refractivity contribution >= 4 is 22.7 Å². The van der Waals surface area contributed by atoms with E-state index >= 15 is 0 Å². The molecule has 0 amide bonds. The minimum Gasteiger partial charge on any atom is -0.355 e. The van der Waals surface area contributed by atoms with E-state index in [4.69, 9.17) is 0 Å². The number of para-hydroxylation sites is 4. The lowest BCUT2D eigenvalue weighted by Crippen LogP contribution is -2.41. The first-order valence-corrected chi connectivity index (χ1v) is 10.3. The maximum atomic E-state index is 3.67. The van der Waals surface area contributed by atoms with Crippen LogP contribution in [0.15, 0.2) is 97.1 Å². The van der Waals surface area contributed by atoms with Crippen molar-refractivity contribution in [1.82, 2.24) is 10.9 Å². The highest BCUT2D eigenvalue weighted by Crippen LogP contribution is 2.41. The first-order valence-electron chi connectivity index (χ1n) is 10.3. The van der Waals surface area contributed by atoms with Crippen molar-refractivity contribution in [2.24, 2.45) is 0 Å². The summed E-state index contributed by atoms with van der Waals surface area (Å²) in [4.78, 5) is 0. The molecule has 0 saturated carbocycles. The molecule has 4 heteroatoms. The zero-order valence-corrected chi connectivity index (χ0v) is 16.4. The third-order valence-corrected chi connectivity index (χ3v) is 6.00. The molecule has 0 spiro atoms. The molecule has 0 atom stereocenters. The molecule has 4 nitrogen and oxygen atoms in total. The Morgan fingerprint density at radius 1 is 0.400 bits per heavy atom. The van der Waals surface area contributed by atoms with Crippen molar-refractivity contribution in [2.75, 3.05) is 10.6 Å². The molecule has 0 aromatic heterocycles. The number of nitrogens with one attached hydrogen (secondary N) is 4. The molecule has 146 valence electrons. The van der Waals surface area contributed by atoms with Crippen LogP contribution in [0, 0.1) is 0 Å². The van der Waals surface area contributed by atoms with Crippen LogP contribution >= 0.6 is 0 Å². The summed E-state index contributed by atoms with van der Waals surface area (Å²) in [5, 5.41) is 7.12. The summed E-state index contributed by atoms with van der Waals surface area (Å²) < 4.78 is 0. The van der Waals surface area contributed by atoms with E-state index in [2.05, 4.69) is 119 Å². The van der Waals surface area contributed by atoms with Gasteiger partial charge in [0.1, 0.15) is 0 Å². The molecular formula is C26H22N4. The van der Waals surface area contributed by atoms with Crippen LogP contribution in [0.5, 0.6) is 0 Å². The third kappa shape index (κ3) is 2.77. The van der Waals surface area contributed by atoms with Crippen molar-refractivity contribution in [3.8, 4) is 0 Å². The van der Waals surface area contributed by atoms with Crippen molar-refractivity contribution in [3.63, 3.8) is 0 Å². The zero-order valence-electron chi connectivity index (χ0n) is 16.4. The van der Waals surface area contributed by atoms with Gasteiger partial charge in [-0.25, -0.2) is 10.9 Å². The molecule has 4 aromatic carbocycles. The van der Waals surface area contributed by atoms with Crippen LogP contribution < -0.4 is 21.5 Å². The number of hydrogen-bond donors (Lipinski definition) is 4. The molecule has 0 aliphatic carbocycles. The summed E-state index contributed by atoms with van der Waals surface area (Å²) in [5.41, 5.74) is 16.8. The molecule has 0 radical (unpaired) electrons. The third-order valence-electron chi connectivity index (χ3n) is 6.00. The lowest BCUT2D eigenvalue weighted by atomic mass is 9.91. The van der Waals surface area contributed by atoms with Crippen LogP contribution in [0.1, 0.15) is 34.3 Å². The molecule has 6 rings (SSSR count). The van der Waals surface area contributed by atoms with Gasteiger partial charge in [0.25, 0.3) is 0 Å². The van der Waals surface area contributed by atoms with Gasteiger partial charge in [0, 0.05) is 22.7 Å². The van der Waals surface area contributed by atoms with E-state index in [1.807, 2.05) is 0 Å². The van der Waals surface area contributed by atoms with E-state index in [9.17, 15) is 0 Å². The number of fused-ring (bicyclic) bond motifs is 4. The van der Waals surface area contributed by atoms with Crippen LogP contribution in [-0.4, -0.2) is 0 Å². The number of hydrazine groups is 1. The van der Waals surface area contributed by atoms with Crippen LogP contribution in [0.3, 0.4) is 0 Å². The van der Waals surface area contributed by atoms with E-state index in [1.54, 1.807) is 0 Å². The second-order valence-electron chi connectivity index (χ2n) is 7.75. The minimum atomic E-state index is 0.0489. The molecule has 2 aliphatic rings. The van der Waals surface area contributed by atoms with Gasteiger partial charge in [-0.1, -0.05) is 72.8 Å². The number of hydrogen-bond acceptors (Lipinski definition) is 4. The summed E-state index contributed by atoms with van der Waals surface area (Å²) in [6.07, 6.45) is 0. The molecule has 0 bridgehead atoms. The largest absolute Gasteiger partial charge is 0.355 e. The molecule has 4 N–H and O–H groups in total. The molecular weight excluding hydrogens is 368 g/mol. The summed E-state index contributed by atoms with van der Waals surface area (Å²) in [6, 6.07) is 34.0. The van der Waals surface area contributed by atoms with Crippen molar-refractivity contribution in [1.29, 1.82) is 0 Å². The number of anilines is 4. The first-order chi connectivity index (χ1) is 14.9. The fourth-order valence-corrected chi connectivity index (χ4v) is 4.55. The van der Waals surface area contributed by atoms with E-state index in [0.717, 1.165) is 22.7 Å². The Hall–Kier alpha value is -3.60. The quantitative estimate of drug-likeness (QED) is 0.335. The predicted molar refractivity (Wildman–Crippen MR) is 122 cm³/mol. The van der Waals surface area contributed by atoms with Crippen molar-refractivity contribution < 1.29 is 0 Å². The lowest BCUT2D eigenvalue weighted by Gasteiger charge is -2.34. The molecule has 0 saturated heterocycles. The van der Waals surface area contributed by atoms with Gasteiger partial charge in [-0.15, -0.1) is 0 Å². The van der Waals surface area contributed by atoms with E-state index in [-0.39, 0.29) is 12.1 Å². The molecule has 0 fully saturated rings. The standard InChI is InChI=1S/C26H22N4/c1-5-13-21-17(9-1)25(18-10-2-6-14-22(18)27-21)29-30-26-19-11-3-7-15-23(19)28-24-16-8-4-12-20(24)26/h1-16,25-30H. The van der Waals surface area contributed by atoms with Gasteiger partial charge in [-0.3, -0.25) is 0 Å². The van der Waals surface area contributed by atoms with E-state index < -0.39 is 0 Å². The Morgan fingerprint density at radius 3 is 0.967 bits per heavy atom. The fourth-order valence-electron chi connectivity index (χ4n) is 4.55. The normalized spacial score (nSPS) is 14.5. The van der Waals surface area contributed by atoms with Gasteiger partial charge in [-0.05, 0) is 46.5 Å². The summed E-state index contributed by atoms with van der Waals surface area (Å²) in [7, 11) is 0. The fraction of sp³-hybridized carbons (Fsp3) is 0.0769. The van der Waals surface area contributed by atoms with Crippen molar-refractivity contribution in [2.45, 2.75) is 12.1 Å². The molecule has 30 heavy (non-hydrogen) atoms. The minimum absolute atomic E-state index is 0.0489. The molecule has 4 aromatic rings. The topological polar surface area (TPSA) is 48.1 Å². The van der Waals surface area contributed by atoms with Crippen LogP contribution in [0.4, 0.5) is 22.7 Å². The second kappa shape index (κ2) is 7.02. The highest BCUT2D eigenvalue weighted by molar-refractivity contribution is 5.74. The average molecular weight is 390 g/mol. The van der Waals surface area contributed by atoms with Crippen LogP contribution in [0.25, 0.3) is 0 Å². The van der Waals surface area contributed by atoms with E-state index in [1.165, 1.54) is 22.3 Å². The van der Waals surface area contributed by atoms with Gasteiger partial charge in [0.15, 0.2) is 0 Å². The molecule has 2 heterocycles. The Bertz CT molecular complexity index is 1040. The zero-order chi connectivity index (χ0) is 19.9. The highest BCUT2D eigenvalue weighted by Gasteiger charge is 2.28. The monoisotopic (exact) mass is 390 g/mol. The summed E-state index contributed by atoms with van der Waals surface area (Å²) in [5.74, 6) is 0. The smallest absolute Gasteiger partial charge is 0.0753 e. The molecule has 0 unspecified atom stereocenters. The lowest BCUT2D eigenvalue weighted by molar-refractivity contribution is 0.440. The SMILES string of the molecule is c1ccc2c(c1)Nc1ccccc1C2NNC1c2ccccc2Nc2ccccc21. The van der Waals surface area contributed by atoms with Gasteiger partial charge >= 0.3 is 0 Å². The summed E-state index contributed by atoms with van der Waals surface area (Å²) in [6.45, 7) is 0. The van der Waals surface area contributed by atoms with Crippen LogP contribution in [0.2, 0.25) is 0 Å². The van der Waals surface area contributed by atoms with E-state index in [0.29, 0.717) is 0 Å². The molecule has 2 aliphatic heterocycles. The van der Waals surface area contributed by atoms with Gasteiger partial charge in [0.05, 0.1) is 12.1 Å². The Kier molecular flexibility index (Phi) is 4.04. The summed E-state index contributed by atoms with van der Waals surface area (Å²) >= 11 is 0. The number of rotatable bonds is 3. The van der Waals surface area contributed by atoms with Crippen LogP contribution in [-0.2, 0) is 0 Å². The van der Waals surface area contributed by atoms with Gasteiger partial charge < -0.3 is 10.6 Å². The maximum absolute atomic E-state index is 3.67. The van der Waals surface area contributed by atoms with Gasteiger partial charge in [0.2, 0.25) is 0 Å². The second-order valence-corrected chi connectivity index (χ2v) is 7.75. The number of benzene rings is 4. The van der Waals surface area contributed by atoms with Crippen molar-refractivity contribution in [3.05, 3.63) is 119 Å². The Morgan fingerprint density at radius 2 is 0.667 bits per heavy atom.